The van der Waals surface area contributed by atoms with Crippen LogP contribution >= 0.6 is 0 Å². The second-order valence-corrected chi connectivity index (χ2v) is 6.89. The second-order valence-electron chi connectivity index (χ2n) is 6.89. The van der Waals surface area contributed by atoms with Crippen LogP contribution in [0.1, 0.15) is 13.8 Å². The molecular formula is C19H24N6O2. The van der Waals surface area contributed by atoms with Gasteiger partial charge in [-0.3, -0.25) is 4.68 Å². The molecule has 1 saturated heterocycles. The van der Waals surface area contributed by atoms with Gasteiger partial charge in [0.1, 0.15) is 11.6 Å². The van der Waals surface area contributed by atoms with Gasteiger partial charge >= 0.3 is 0 Å². The Morgan fingerprint density at radius 2 is 1.81 bits per heavy atom. The number of aryl methyl sites for hydroxylation is 1. The summed E-state index contributed by atoms with van der Waals surface area (Å²) >= 11 is 0. The minimum absolute atomic E-state index is 0.137. The van der Waals surface area contributed by atoms with Crippen LogP contribution in [0.2, 0.25) is 0 Å². The number of nitrogens with one attached hydrogen (secondary N) is 1. The van der Waals surface area contributed by atoms with Crippen molar-refractivity contribution in [3.8, 4) is 5.75 Å². The number of nitrogens with zero attached hydrogens (tertiary/aromatic N) is 5. The Labute approximate surface area is 158 Å². The zero-order valence-corrected chi connectivity index (χ0v) is 16.0. The Morgan fingerprint density at radius 1 is 1.11 bits per heavy atom. The van der Waals surface area contributed by atoms with E-state index in [0.29, 0.717) is 5.95 Å². The summed E-state index contributed by atoms with van der Waals surface area (Å²) in [6.45, 7) is 5.66. The van der Waals surface area contributed by atoms with Gasteiger partial charge in [-0.05, 0) is 38.1 Å². The third kappa shape index (κ3) is 3.52. The Hall–Kier alpha value is -2.87. The minimum Gasteiger partial charge on any atom is -0.497 e. The van der Waals surface area contributed by atoms with E-state index in [4.69, 9.17) is 19.4 Å². The number of fused-ring (bicyclic) bond motifs is 1. The van der Waals surface area contributed by atoms with Crippen molar-refractivity contribution in [2.24, 2.45) is 7.05 Å². The highest BCUT2D eigenvalue weighted by molar-refractivity contribution is 5.89. The van der Waals surface area contributed by atoms with Crippen LogP contribution in [0.25, 0.3) is 11.0 Å². The number of rotatable bonds is 4. The van der Waals surface area contributed by atoms with Crippen LogP contribution in [0.15, 0.2) is 30.5 Å². The van der Waals surface area contributed by atoms with E-state index in [9.17, 15) is 0 Å². The summed E-state index contributed by atoms with van der Waals surface area (Å²) in [5.41, 5.74) is 1.72. The molecule has 0 radical (unpaired) electrons. The molecule has 0 aliphatic carbocycles. The van der Waals surface area contributed by atoms with Gasteiger partial charge in [0.2, 0.25) is 5.95 Å². The number of hydrogen-bond acceptors (Lipinski definition) is 7. The third-order valence-electron chi connectivity index (χ3n) is 4.64. The summed E-state index contributed by atoms with van der Waals surface area (Å²) in [5.74, 6) is 2.23. The maximum atomic E-state index is 5.84. The quantitative estimate of drug-likeness (QED) is 0.759. The zero-order valence-electron chi connectivity index (χ0n) is 16.0. The van der Waals surface area contributed by atoms with Gasteiger partial charge in [0.25, 0.3) is 0 Å². The van der Waals surface area contributed by atoms with Crippen LogP contribution in [-0.2, 0) is 11.8 Å². The topological polar surface area (TPSA) is 77.3 Å². The molecule has 1 fully saturated rings. The molecule has 2 aromatic heterocycles. The fourth-order valence-electron chi connectivity index (χ4n) is 3.40. The Balaban J connectivity index is 1.72. The van der Waals surface area contributed by atoms with Gasteiger partial charge in [-0.15, -0.1) is 0 Å². The highest BCUT2D eigenvalue weighted by atomic mass is 16.5. The first-order valence-electron chi connectivity index (χ1n) is 9.04. The number of anilines is 3. The first kappa shape index (κ1) is 17.5. The second kappa shape index (κ2) is 7.03. The van der Waals surface area contributed by atoms with Gasteiger partial charge in [0, 0.05) is 25.8 Å². The smallest absolute Gasteiger partial charge is 0.229 e. The van der Waals surface area contributed by atoms with Crippen LogP contribution < -0.4 is 15.0 Å². The average Bonchev–Trinajstić information content (AvgIpc) is 3.03. The molecule has 0 bridgehead atoms. The third-order valence-corrected chi connectivity index (χ3v) is 4.64. The number of ether oxygens (including phenoxy) is 2. The highest BCUT2D eigenvalue weighted by Crippen LogP contribution is 2.28. The van der Waals surface area contributed by atoms with Crippen molar-refractivity contribution < 1.29 is 9.47 Å². The average molecular weight is 368 g/mol. The molecule has 1 N–H and O–H groups in total. The fraction of sp³-hybridized carbons (Fsp3) is 0.421. The normalized spacial score (nSPS) is 20.1. The SMILES string of the molecule is COc1ccc(Nc2nc(N3C[C@H](C)O[C@@H](C)C3)nc3c2cnn3C)cc1. The molecule has 3 heterocycles. The molecule has 0 amide bonds. The number of hydrogen-bond donors (Lipinski definition) is 1. The lowest BCUT2D eigenvalue weighted by atomic mass is 10.2. The van der Waals surface area contributed by atoms with Gasteiger partial charge < -0.3 is 19.7 Å². The molecule has 1 aliphatic rings. The summed E-state index contributed by atoms with van der Waals surface area (Å²) < 4.78 is 12.8. The molecule has 8 nitrogen and oxygen atoms in total. The van der Waals surface area contributed by atoms with E-state index in [1.54, 1.807) is 18.0 Å². The zero-order chi connectivity index (χ0) is 19.0. The monoisotopic (exact) mass is 368 g/mol. The van der Waals surface area contributed by atoms with E-state index in [2.05, 4.69) is 29.2 Å². The number of morpholine rings is 1. The Morgan fingerprint density at radius 3 is 2.48 bits per heavy atom. The predicted molar refractivity (Wildman–Crippen MR) is 105 cm³/mol. The molecule has 1 aromatic carbocycles. The summed E-state index contributed by atoms with van der Waals surface area (Å²) in [6, 6.07) is 7.75. The minimum atomic E-state index is 0.137. The maximum Gasteiger partial charge on any atom is 0.229 e. The van der Waals surface area contributed by atoms with Gasteiger partial charge in [-0.1, -0.05) is 0 Å². The van der Waals surface area contributed by atoms with Gasteiger partial charge in [-0.25, -0.2) is 0 Å². The molecule has 0 spiro atoms. The van der Waals surface area contributed by atoms with Crippen molar-refractivity contribution >= 4 is 28.5 Å². The van der Waals surface area contributed by atoms with E-state index in [1.165, 1.54) is 0 Å². The lowest BCUT2D eigenvalue weighted by molar-refractivity contribution is -0.00569. The van der Waals surface area contributed by atoms with E-state index >= 15 is 0 Å². The summed E-state index contributed by atoms with van der Waals surface area (Å²) in [4.78, 5) is 11.7. The van der Waals surface area contributed by atoms with E-state index in [0.717, 1.165) is 41.4 Å². The van der Waals surface area contributed by atoms with E-state index in [-0.39, 0.29) is 12.2 Å². The molecular weight excluding hydrogens is 344 g/mol. The lowest BCUT2D eigenvalue weighted by Gasteiger charge is -2.35. The molecule has 27 heavy (non-hydrogen) atoms. The van der Waals surface area contributed by atoms with Crippen molar-refractivity contribution in [1.82, 2.24) is 19.7 Å². The van der Waals surface area contributed by atoms with Crippen LogP contribution in [0, 0.1) is 0 Å². The van der Waals surface area contributed by atoms with Gasteiger partial charge in [0.15, 0.2) is 5.65 Å². The van der Waals surface area contributed by atoms with Crippen molar-refractivity contribution in [3.05, 3.63) is 30.5 Å². The van der Waals surface area contributed by atoms with Crippen molar-refractivity contribution in [2.75, 3.05) is 30.4 Å². The Kier molecular flexibility index (Phi) is 4.57. The molecule has 142 valence electrons. The first-order valence-corrected chi connectivity index (χ1v) is 9.04. The van der Waals surface area contributed by atoms with Crippen LogP contribution in [0.5, 0.6) is 5.75 Å². The molecule has 8 heteroatoms. The van der Waals surface area contributed by atoms with E-state index in [1.807, 2.05) is 31.3 Å². The summed E-state index contributed by atoms with van der Waals surface area (Å²) in [6.07, 6.45) is 2.06. The van der Waals surface area contributed by atoms with Gasteiger partial charge in [-0.2, -0.15) is 15.1 Å². The molecule has 1 aliphatic heterocycles. The van der Waals surface area contributed by atoms with Crippen LogP contribution in [-0.4, -0.2) is 52.2 Å². The van der Waals surface area contributed by atoms with E-state index < -0.39 is 0 Å². The van der Waals surface area contributed by atoms with Crippen LogP contribution in [0.4, 0.5) is 17.5 Å². The molecule has 0 saturated carbocycles. The van der Waals surface area contributed by atoms with Crippen LogP contribution in [0.3, 0.4) is 0 Å². The Bertz CT molecular complexity index is 929. The highest BCUT2D eigenvalue weighted by Gasteiger charge is 2.25. The van der Waals surface area contributed by atoms with Crippen molar-refractivity contribution in [2.45, 2.75) is 26.1 Å². The standard InChI is InChI=1S/C19H24N6O2/c1-12-10-25(11-13(2)27-12)19-22-17(16-9-20-24(3)18(16)23-19)21-14-5-7-15(26-4)8-6-14/h5-9,12-13H,10-11H2,1-4H3,(H,21,22,23)/t12-,13-/m0/s1. The van der Waals surface area contributed by atoms with Crippen molar-refractivity contribution in [1.29, 1.82) is 0 Å². The number of benzene rings is 1. The molecule has 3 aromatic rings. The largest absolute Gasteiger partial charge is 0.497 e. The molecule has 0 unspecified atom stereocenters. The fourth-order valence-corrected chi connectivity index (χ4v) is 3.40. The predicted octanol–water partition coefficient (Wildman–Crippen LogP) is 2.73. The first-order chi connectivity index (χ1) is 13.0. The molecule has 2 atom stereocenters. The summed E-state index contributed by atoms with van der Waals surface area (Å²) in [7, 11) is 3.55. The number of methoxy groups -OCH3 is 1. The van der Waals surface area contributed by atoms with Gasteiger partial charge in [0.05, 0.1) is 30.9 Å². The lowest BCUT2D eigenvalue weighted by Crippen LogP contribution is -2.46. The molecule has 4 rings (SSSR count). The van der Waals surface area contributed by atoms with Crippen molar-refractivity contribution in [3.63, 3.8) is 0 Å². The summed E-state index contributed by atoms with van der Waals surface area (Å²) in [5, 5.41) is 8.63. The number of aromatic nitrogens is 4. The maximum absolute atomic E-state index is 5.84.